The Hall–Kier alpha value is -3.21. The van der Waals surface area contributed by atoms with E-state index >= 15 is 0 Å². The smallest absolute Gasteiger partial charge is 0.337 e. The van der Waals surface area contributed by atoms with Crippen molar-refractivity contribution < 1.29 is 14.3 Å². The van der Waals surface area contributed by atoms with Gasteiger partial charge in [0, 0.05) is 41.7 Å². The minimum Gasteiger partial charge on any atom is -0.459 e. The van der Waals surface area contributed by atoms with E-state index in [1.165, 1.54) is 5.56 Å². The second-order valence-electron chi connectivity index (χ2n) is 9.02. The molecule has 2 aromatic rings. The molecule has 1 fully saturated rings. The molecule has 5 heteroatoms. The molecule has 2 heterocycles. The lowest BCUT2D eigenvalue weighted by atomic mass is 9.72. The number of allylic oxidation sites excluding steroid dienone is 3. The van der Waals surface area contributed by atoms with Gasteiger partial charge in [-0.3, -0.25) is 9.78 Å². The number of nitrogens with one attached hydrogen (secondary N) is 1. The Balaban J connectivity index is 1.53. The van der Waals surface area contributed by atoms with Gasteiger partial charge in [0.05, 0.1) is 5.57 Å². The van der Waals surface area contributed by atoms with E-state index in [1.807, 2.05) is 37.3 Å². The molecule has 2 atom stereocenters. The summed E-state index contributed by atoms with van der Waals surface area (Å²) in [7, 11) is 0. The molecular formula is C27H28N2O3. The number of rotatable bonds is 4. The molecular weight excluding hydrogens is 400 g/mol. The molecule has 5 nitrogen and oxygen atoms in total. The zero-order valence-corrected chi connectivity index (χ0v) is 18.3. The quantitative estimate of drug-likeness (QED) is 0.700. The molecule has 1 saturated carbocycles. The van der Waals surface area contributed by atoms with Crippen molar-refractivity contribution in [3.63, 3.8) is 0 Å². The van der Waals surface area contributed by atoms with Crippen LogP contribution in [0, 0.1) is 0 Å². The van der Waals surface area contributed by atoms with Gasteiger partial charge >= 0.3 is 5.97 Å². The fraction of sp³-hybridized carbons (Fsp3) is 0.370. The van der Waals surface area contributed by atoms with Crippen LogP contribution in [0.4, 0.5) is 0 Å². The SMILES string of the molecule is CC1=C(C(=O)OC2CCCC2)[C@@H](c2ccncc2)C2=C(C[C@@H](c3ccccc3)CC2=O)N1. The largest absolute Gasteiger partial charge is 0.459 e. The summed E-state index contributed by atoms with van der Waals surface area (Å²) in [4.78, 5) is 31.0. The molecule has 1 aromatic carbocycles. The standard InChI is InChI=1S/C27H28N2O3/c1-17-24(27(31)32-21-9-5-6-10-21)25(19-11-13-28-14-12-19)26-22(29-17)15-20(16-23(26)30)18-7-3-2-4-8-18/h2-4,7-8,11-14,20-21,25,29H,5-6,9-10,15-16H2,1H3/t20-,25-/m1/s1. The molecule has 1 aliphatic heterocycles. The third-order valence-corrected chi connectivity index (χ3v) is 6.93. The zero-order chi connectivity index (χ0) is 22.1. The first kappa shape index (κ1) is 20.7. The van der Waals surface area contributed by atoms with Crippen LogP contribution in [-0.2, 0) is 14.3 Å². The van der Waals surface area contributed by atoms with Gasteiger partial charge in [-0.2, -0.15) is 0 Å². The average molecular weight is 429 g/mol. The van der Waals surface area contributed by atoms with Crippen molar-refractivity contribution in [1.29, 1.82) is 0 Å². The highest BCUT2D eigenvalue weighted by Gasteiger charge is 2.41. The number of hydrogen-bond acceptors (Lipinski definition) is 5. The number of carbonyl (C=O) groups is 2. The maximum absolute atomic E-state index is 13.5. The topological polar surface area (TPSA) is 68.3 Å². The summed E-state index contributed by atoms with van der Waals surface area (Å²) < 4.78 is 5.89. The van der Waals surface area contributed by atoms with Crippen molar-refractivity contribution in [2.24, 2.45) is 0 Å². The van der Waals surface area contributed by atoms with E-state index in [1.54, 1.807) is 12.4 Å². The van der Waals surface area contributed by atoms with Gasteiger partial charge < -0.3 is 10.1 Å². The van der Waals surface area contributed by atoms with Crippen LogP contribution in [0.5, 0.6) is 0 Å². The molecule has 0 amide bonds. The molecule has 0 bridgehead atoms. The first-order valence-electron chi connectivity index (χ1n) is 11.5. The second-order valence-corrected chi connectivity index (χ2v) is 9.02. The number of carbonyl (C=O) groups excluding carboxylic acids is 2. The molecule has 164 valence electrons. The van der Waals surface area contributed by atoms with E-state index < -0.39 is 5.92 Å². The number of benzene rings is 1. The Kier molecular flexibility index (Phi) is 5.64. The molecule has 1 N–H and O–H groups in total. The second kappa shape index (κ2) is 8.73. The Morgan fingerprint density at radius 1 is 1.00 bits per heavy atom. The summed E-state index contributed by atoms with van der Waals surface area (Å²) in [6.45, 7) is 1.92. The van der Waals surface area contributed by atoms with Gasteiger partial charge in [0.25, 0.3) is 0 Å². The average Bonchev–Trinajstić information content (AvgIpc) is 3.32. The molecule has 1 aromatic heterocycles. The Labute approximate surface area is 188 Å². The van der Waals surface area contributed by atoms with Gasteiger partial charge in [0.15, 0.2) is 5.78 Å². The fourth-order valence-corrected chi connectivity index (χ4v) is 5.38. The normalized spacial score (nSPS) is 23.7. The predicted molar refractivity (Wildman–Crippen MR) is 122 cm³/mol. The van der Waals surface area contributed by atoms with Crippen LogP contribution in [0.3, 0.4) is 0 Å². The highest BCUT2D eigenvalue weighted by molar-refractivity contribution is 6.04. The first-order chi connectivity index (χ1) is 15.6. The summed E-state index contributed by atoms with van der Waals surface area (Å²) >= 11 is 0. The van der Waals surface area contributed by atoms with Gasteiger partial charge in [-0.05, 0) is 68.2 Å². The number of ketones is 1. The zero-order valence-electron chi connectivity index (χ0n) is 18.3. The maximum Gasteiger partial charge on any atom is 0.337 e. The third-order valence-electron chi connectivity index (χ3n) is 6.93. The molecule has 0 spiro atoms. The molecule has 0 radical (unpaired) electrons. The molecule has 5 rings (SSSR count). The Bertz CT molecular complexity index is 1080. The number of aromatic nitrogens is 1. The van der Waals surface area contributed by atoms with Crippen LogP contribution in [0.15, 0.2) is 77.4 Å². The van der Waals surface area contributed by atoms with Crippen molar-refractivity contribution in [1.82, 2.24) is 10.3 Å². The third kappa shape index (κ3) is 3.88. The van der Waals surface area contributed by atoms with E-state index in [0.29, 0.717) is 17.6 Å². The highest BCUT2D eigenvalue weighted by atomic mass is 16.5. The molecule has 0 unspecified atom stereocenters. The first-order valence-corrected chi connectivity index (χ1v) is 11.5. The number of Topliss-reactive ketones (excluding diaryl/α,β-unsaturated/α-hetero) is 1. The van der Waals surface area contributed by atoms with Crippen LogP contribution in [-0.4, -0.2) is 22.8 Å². The van der Waals surface area contributed by atoms with Crippen LogP contribution >= 0.6 is 0 Å². The molecule has 0 saturated heterocycles. The molecule has 32 heavy (non-hydrogen) atoms. The van der Waals surface area contributed by atoms with Gasteiger partial charge in [-0.1, -0.05) is 30.3 Å². The summed E-state index contributed by atoms with van der Waals surface area (Å²) in [6, 6.07) is 14.0. The number of nitrogens with zero attached hydrogens (tertiary/aromatic N) is 1. The number of pyridine rings is 1. The lowest BCUT2D eigenvalue weighted by Gasteiger charge is -2.37. The van der Waals surface area contributed by atoms with Crippen molar-refractivity contribution >= 4 is 11.8 Å². The van der Waals surface area contributed by atoms with Crippen molar-refractivity contribution in [3.05, 3.63) is 88.5 Å². The lowest BCUT2D eigenvalue weighted by Crippen LogP contribution is -2.36. The Morgan fingerprint density at radius 3 is 2.44 bits per heavy atom. The summed E-state index contributed by atoms with van der Waals surface area (Å²) in [5.74, 6) is -0.512. The van der Waals surface area contributed by atoms with E-state index in [9.17, 15) is 9.59 Å². The van der Waals surface area contributed by atoms with Crippen LogP contribution < -0.4 is 5.32 Å². The number of esters is 1. The van der Waals surface area contributed by atoms with Crippen LogP contribution in [0.25, 0.3) is 0 Å². The van der Waals surface area contributed by atoms with Crippen molar-refractivity contribution in [2.45, 2.75) is 63.4 Å². The minimum absolute atomic E-state index is 0.0271. The maximum atomic E-state index is 13.5. The monoisotopic (exact) mass is 428 g/mol. The van der Waals surface area contributed by atoms with Gasteiger partial charge in [0.2, 0.25) is 0 Å². The number of hydrogen-bond donors (Lipinski definition) is 1. The predicted octanol–water partition coefficient (Wildman–Crippen LogP) is 4.93. The Morgan fingerprint density at radius 2 is 1.72 bits per heavy atom. The van der Waals surface area contributed by atoms with Gasteiger partial charge in [-0.25, -0.2) is 4.79 Å². The minimum atomic E-state index is -0.424. The molecule has 2 aliphatic carbocycles. The van der Waals surface area contributed by atoms with E-state index in [4.69, 9.17) is 4.74 Å². The van der Waals surface area contributed by atoms with Gasteiger partial charge in [-0.15, -0.1) is 0 Å². The van der Waals surface area contributed by atoms with Crippen LogP contribution in [0.2, 0.25) is 0 Å². The van der Waals surface area contributed by atoms with E-state index in [2.05, 4.69) is 22.4 Å². The lowest BCUT2D eigenvalue weighted by molar-refractivity contribution is -0.144. The number of ether oxygens (including phenoxy) is 1. The van der Waals surface area contributed by atoms with Gasteiger partial charge in [0.1, 0.15) is 6.10 Å². The van der Waals surface area contributed by atoms with Crippen molar-refractivity contribution in [3.8, 4) is 0 Å². The summed E-state index contributed by atoms with van der Waals surface area (Å²) in [5, 5.41) is 3.43. The molecule has 3 aliphatic rings. The van der Waals surface area contributed by atoms with Crippen molar-refractivity contribution in [2.75, 3.05) is 0 Å². The highest BCUT2D eigenvalue weighted by Crippen LogP contribution is 2.45. The fourth-order valence-electron chi connectivity index (χ4n) is 5.38. The van der Waals surface area contributed by atoms with Crippen LogP contribution in [0.1, 0.15) is 68.4 Å². The summed E-state index contributed by atoms with van der Waals surface area (Å²) in [6.07, 6.45) is 8.60. The van der Waals surface area contributed by atoms with E-state index in [-0.39, 0.29) is 23.8 Å². The van der Waals surface area contributed by atoms with E-state index in [0.717, 1.165) is 49.1 Å². The number of dihydropyridines is 1. The summed E-state index contributed by atoms with van der Waals surface area (Å²) in [5.41, 5.74) is 5.02.